The van der Waals surface area contributed by atoms with Crippen molar-refractivity contribution in [1.82, 2.24) is 0 Å². The Hall–Kier alpha value is -7.69. The maximum absolute atomic E-state index is 2.59. The van der Waals surface area contributed by atoms with Gasteiger partial charge in [-0.15, -0.1) is 11.3 Å². The minimum Gasteiger partial charge on any atom is -0.309 e. The second kappa shape index (κ2) is 15.7. The molecule has 2 aliphatic rings. The van der Waals surface area contributed by atoms with E-state index in [4.69, 9.17) is 0 Å². The van der Waals surface area contributed by atoms with Gasteiger partial charge in [0.1, 0.15) is 0 Å². The summed E-state index contributed by atoms with van der Waals surface area (Å²) in [7, 11) is 0. The Balaban J connectivity index is 0.965. The van der Waals surface area contributed by atoms with Crippen LogP contribution in [0, 0.1) is 0 Å². The minimum atomic E-state index is -0.429. The van der Waals surface area contributed by atoms with Crippen molar-refractivity contribution in [2.75, 3.05) is 4.90 Å². The number of hydrogen-bond acceptors (Lipinski definition) is 3. The Bertz CT molecular complexity index is 3820. The largest absolute Gasteiger partial charge is 0.309 e. The van der Waals surface area contributed by atoms with Gasteiger partial charge in [-0.1, -0.05) is 200 Å². The maximum Gasteiger partial charge on any atom is 0.0735 e. The maximum atomic E-state index is 2.59. The molecule has 0 amide bonds. The first kappa shape index (κ1) is 39.5. The molecule has 0 bridgehead atoms. The molecule has 0 N–H and O–H groups in total. The molecular formula is C65H43NS2. The Morgan fingerprint density at radius 1 is 0.382 bits per heavy atom. The highest BCUT2D eigenvalue weighted by Crippen LogP contribution is 2.62. The molecule has 14 rings (SSSR count). The van der Waals surface area contributed by atoms with E-state index in [1.54, 1.807) is 0 Å². The van der Waals surface area contributed by atoms with E-state index >= 15 is 0 Å². The monoisotopic (exact) mass is 901 g/mol. The molecule has 1 aromatic heterocycles. The molecule has 0 saturated heterocycles. The average Bonchev–Trinajstić information content (AvgIpc) is 3.91. The summed E-state index contributed by atoms with van der Waals surface area (Å²) in [4.78, 5) is 5.13. The van der Waals surface area contributed by atoms with Crippen molar-refractivity contribution >= 4 is 81.9 Å². The molecular weight excluding hydrogens is 859 g/mol. The lowest BCUT2D eigenvalue weighted by Gasteiger charge is -2.40. The topological polar surface area (TPSA) is 3.24 Å². The zero-order chi connectivity index (χ0) is 44.8. The molecule has 1 unspecified atom stereocenters. The highest BCUT2D eigenvalue weighted by atomic mass is 32.2. The quantitative estimate of drug-likeness (QED) is 0.157. The Morgan fingerprint density at radius 2 is 0.912 bits per heavy atom. The summed E-state index contributed by atoms with van der Waals surface area (Å²) in [6.07, 6.45) is 0.887. The molecule has 1 spiro atoms. The number of hydrogen-bond donors (Lipinski definition) is 0. The van der Waals surface area contributed by atoms with Crippen LogP contribution in [0.15, 0.2) is 252 Å². The van der Waals surface area contributed by atoms with Crippen LogP contribution in [0.5, 0.6) is 0 Å². The first-order chi connectivity index (χ1) is 33.7. The van der Waals surface area contributed by atoms with E-state index in [1.165, 1.54) is 113 Å². The molecule has 68 heavy (non-hydrogen) atoms. The van der Waals surface area contributed by atoms with Gasteiger partial charge in [0, 0.05) is 52.3 Å². The average molecular weight is 902 g/mol. The molecule has 1 aliphatic carbocycles. The van der Waals surface area contributed by atoms with E-state index in [0.717, 1.165) is 12.1 Å². The van der Waals surface area contributed by atoms with E-state index in [9.17, 15) is 0 Å². The summed E-state index contributed by atoms with van der Waals surface area (Å²) in [6, 6.07) is 91.2. The zero-order valence-corrected chi connectivity index (χ0v) is 38.8. The van der Waals surface area contributed by atoms with E-state index in [-0.39, 0.29) is 5.92 Å². The van der Waals surface area contributed by atoms with Gasteiger partial charge >= 0.3 is 0 Å². The number of fused-ring (bicyclic) bond motifs is 14. The fraction of sp³-hybridized carbons (Fsp3) is 0.0462. The Kier molecular flexibility index (Phi) is 9.12. The lowest BCUT2D eigenvalue weighted by atomic mass is 9.66. The highest BCUT2D eigenvalue weighted by Gasteiger charge is 2.50. The van der Waals surface area contributed by atoms with Crippen molar-refractivity contribution in [2.45, 2.75) is 27.5 Å². The smallest absolute Gasteiger partial charge is 0.0735 e. The molecule has 0 fully saturated rings. The fourth-order valence-corrected chi connectivity index (χ4v) is 14.0. The van der Waals surface area contributed by atoms with Crippen molar-refractivity contribution in [3.8, 4) is 11.1 Å². The SMILES string of the molecule is c1ccc(CC(c2ccc3c(c2)C2(c4ccccc4S3)c3ccccc3-c3ccccc32)c2ccc3sc4ccc(N(c5cccc6ccccc56)c5cccc6ccccc56)cc4c3c2)cc1. The number of thiophene rings is 1. The summed E-state index contributed by atoms with van der Waals surface area (Å²) in [5.41, 5.74) is 15.2. The normalized spacial score (nSPS) is 13.6. The Morgan fingerprint density at radius 3 is 1.62 bits per heavy atom. The summed E-state index contributed by atoms with van der Waals surface area (Å²) >= 11 is 3.81. The third kappa shape index (κ3) is 6.02. The van der Waals surface area contributed by atoms with Gasteiger partial charge in [-0.25, -0.2) is 0 Å². The van der Waals surface area contributed by atoms with Crippen LogP contribution < -0.4 is 4.90 Å². The van der Waals surface area contributed by atoms with Gasteiger partial charge < -0.3 is 4.90 Å². The van der Waals surface area contributed by atoms with E-state index in [2.05, 4.69) is 248 Å². The molecule has 12 aromatic rings. The fourth-order valence-electron chi connectivity index (χ4n) is 11.7. The molecule has 320 valence electrons. The van der Waals surface area contributed by atoms with Gasteiger partial charge in [0.15, 0.2) is 0 Å². The molecule has 3 heteroatoms. The van der Waals surface area contributed by atoms with Gasteiger partial charge in [-0.3, -0.25) is 0 Å². The van der Waals surface area contributed by atoms with Crippen molar-refractivity contribution in [3.63, 3.8) is 0 Å². The number of nitrogens with zero attached hydrogens (tertiary/aromatic N) is 1. The predicted molar refractivity (Wildman–Crippen MR) is 289 cm³/mol. The molecule has 1 aliphatic heterocycles. The number of anilines is 3. The summed E-state index contributed by atoms with van der Waals surface area (Å²) in [5.74, 6) is 0.110. The molecule has 1 nitrogen and oxygen atoms in total. The van der Waals surface area contributed by atoms with Gasteiger partial charge in [0.2, 0.25) is 0 Å². The van der Waals surface area contributed by atoms with Crippen LogP contribution in [0.3, 0.4) is 0 Å². The Labute approximate surface area is 404 Å². The molecule has 11 aromatic carbocycles. The summed E-state index contributed by atoms with van der Waals surface area (Å²) < 4.78 is 2.60. The number of rotatable bonds is 7. The lowest BCUT2D eigenvalue weighted by Crippen LogP contribution is -2.32. The van der Waals surface area contributed by atoms with Crippen molar-refractivity contribution in [2.24, 2.45) is 0 Å². The van der Waals surface area contributed by atoms with Crippen LogP contribution in [0.25, 0.3) is 52.8 Å². The molecule has 0 radical (unpaired) electrons. The lowest BCUT2D eigenvalue weighted by molar-refractivity contribution is 0.713. The van der Waals surface area contributed by atoms with E-state index < -0.39 is 5.41 Å². The van der Waals surface area contributed by atoms with Crippen LogP contribution in [0.1, 0.15) is 44.9 Å². The van der Waals surface area contributed by atoms with E-state index in [0.29, 0.717) is 0 Å². The predicted octanol–water partition coefficient (Wildman–Crippen LogP) is 18.0. The first-order valence-corrected chi connectivity index (χ1v) is 25.2. The minimum absolute atomic E-state index is 0.110. The van der Waals surface area contributed by atoms with Crippen LogP contribution in [0.4, 0.5) is 17.1 Å². The van der Waals surface area contributed by atoms with Gasteiger partial charge in [-0.05, 0) is 122 Å². The van der Waals surface area contributed by atoms with E-state index in [1.807, 2.05) is 23.1 Å². The highest BCUT2D eigenvalue weighted by molar-refractivity contribution is 7.99. The first-order valence-electron chi connectivity index (χ1n) is 23.6. The molecule has 1 atom stereocenters. The standard InChI is InChI=1S/C65H43NS2/c1-2-16-42(17-3-1)38-52(46-33-36-64-58(40-46)65(57-28-12-13-31-63(57)68-64)55-26-10-8-24-50(55)51-25-9-11-27-56(51)65)45-32-35-61-53(39-45)54-41-47(34-37-62(54)67-61)66(59-29-14-20-43-18-4-6-22-48(43)59)60-30-15-21-44-19-5-7-23-49(44)60/h1-37,39-41,52H,38H2. The third-order valence-electron chi connectivity index (χ3n) is 14.7. The summed E-state index contributed by atoms with van der Waals surface area (Å²) in [5, 5.41) is 7.48. The van der Waals surface area contributed by atoms with Crippen LogP contribution >= 0.6 is 23.1 Å². The van der Waals surface area contributed by atoms with Crippen LogP contribution in [0.2, 0.25) is 0 Å². The second-order valence-corrected chi connectivity index (χ2v) is 20.5. The third-order valence-corrected chi connectivity index (χ3v) is 17.0. The molecule has 2 heterocycles. The van der Waals surface area contributed by atoms with Crippen molar-refractivity contribution < 1.29 is 0 Å². The van der Waals surface area contributed by atoms with Crippen LogP contribution in [-0.2, 0) is 11.8 Å². The summed E-state index contributed by atoms with van der Waals surface area (Å²) in [6.45, 7) is 0. The number of benzene rings is 11. The van der Waals surface area contributed by atoms with Crippen molar-refractivity contribution in [3.05, 3.63) is 282 Å². The molecule has 0 saturated carbocycles. The van der Waals surface area contributed by atoms with Gasteiger partial charge in [0.05, 0.1) is 16.8 Å². The van der Waals surface area contributed by atoms with Crippen LogP contribution in [-0.4, -0.2) is 0 Å². The zero-order valence-electron chi connectivity index (χ0n) is 37.1. The van der Waals surface area contributed by atoms with Gasteiger partial charge in [-0.2, -0.15) is 0 Å². The second-order valence-electron chi connectivity index (χ2n) is 18.3. The van der Waals surface area contributed by atoms with Crippen molar-refractivity contribution in [1.29, 1.82) is 0 Å². The van der Waals surface area contributed by atoms with Gasteiger partial charge in [0.25, 0.3) is 0 Å².